The zero-order valence-electron chi connectivity index (χ0n) is 19.2. The standard InChI is InChI=1S/C26H24FN3O5S/c27-21-11-7-10-20(18-21)25(32)29-14-16-30(17-15-29)26(33)24(28-23(31)19-8-3-1-4-9-19)36(34,35)22-12-5-2-6-13-22/h1-13,18,24H,14-17H2,(H,28,31). The van der Waals surface area contributed by atoms with E-state index in [4.69, 9.17) is 0 Å². The number of hydrogen-bond donors (Lipinski definition) is 1. The van der Waals surface area contributed by atoms with Gasteiger partial charge in [0.1, 0.15) is 5.82 Å². The van der Waals surface area contributed by atoms with E-state index in [9.17, 15) is 27.2 Å². The van der Waals surface area contributed by atoms with Crippen LogP contribution in [0, 0.1) is 5.82 Å². The third-order valence-electron chi connectivity index (χ3n) is 5.85. The highest BCUT2D eigenvalue weighted by Crippen LogP contribution is 2.19. The molecule has 36 heavy (non-hydrogen) atoms. The van der Waals surface area contributed by atoms with Crippen molar-refractivity contribution in [3.63, 3.8) is 0 Å². The molecule has 0 saturated carbocycles. The lowest BCUT2D eigenvalue weighted by molar-refractivity contribution is -0.132. The Morgan fingerprint density at radius 3 is 1.92 bits per heavy atom. The highest BCUT2D eigenvalue weighted by Gasteiger charge is 2.39. The fourth-order valence-corrected chi connectivity index (χ4v) is 5.40. The molecule has 4 rings (SSSR count). The Kier molecular flexibility index (Phi) is 7.44. The van der Waals surface area contributed by atoms with Crippen LogP contribution in [0.4, 0.5) is 4.39 Å². The molecule has 0 aliphatic carbocycles. The Hall–Kier alpha value is -4.05. The summed E-state index contributed by atoms with van der Waals surface area (Å²) in [7, 11) is -4.28. The van der Waals surface area contributed by atoms with Crippen molar-refractivity contribution in [3.8, 4) is 0 Å². The quantitative estimate of drug-likeness (QED) is 0.550. The van der Waals surface area contributed by atoms with Crippen molar-refractivity contribution in [2.24, 2.45) is 0 Å². The van der Waals surface area contributed by atoms with Crippen LogP contribution in [0.3, 0.4) is 0 Å². The van der Waals surface area contributed by atoms with E-state index < -0.39 is 32.8 Å². The van der Waals surface area contributed by atoms with Crippen molar-refractivity contribution in [1.29, 1.82) is 0 Å². The van der Waals surface area contributed by atoms with Crippen LogP contribution in [-0.2, 0) is 14.6 Å². The summed E-state index contributed by atoms with van der Waals surface area (Å²) in [6, 6.07) is 20.8. The van der Waals surface area contributed by atoms with Gasteiger partial charge < -0.3 is 15.1 Å². The van der Waals surface area contributed by atoms with Crippen LogP contribution in [0.5, 0.6) is 0 Å². The fourth-order valence-electron chi connectivity index (χ4n) is 3.91. The van der Waals surface area contributed by atoms with Crippen molar-refractivity contribution < 1.29 is 27.2 Å². The van der Waals surface area contributed by atoms with Crippen LogP contribution in [0.2, 0.25) is 0 Å². The van der Waals surface area contributed by atoms with Gasteiger partial charge in [-0.15, -0.1) is 0 Å². The second kappa shape index (κ2) is 10.7. The summed E-state index contributed by atoms with van der Waals surface area (Å²) in [5.41, 5.74) is 0.401. The zero-order valence-corrected chi connectivity index (χ0v) is 20.0. The van der Waals surface area contributed by atoms with Crippen molar-refractivity contribution in [1.82, 2.24) is 15.1 Å². The summed E-state index contributed by atoms with van der Waals surface area (Å²) >= 11 is 0. The normalized spacial score (nSPS) is 14.7. The Bertz CT molecular complexity index is 1360. The number of sulfone groups is 1. The van der Waals surface area contributed by atoms with Crippen molar-refractivity contribution in [2.45, 2.75) is 10.3 Å². The van der Waals surface area contributed by atoms with Crippen LogP contribution in [-0.4, -0.2) is 67.5 Å². The molecular weight excluding hydrogens is 485 g/mol. The Balaban J connectivity index is 1.53. The lowest BCUT2D eigenvalue weighted by Gasteiger charge is -2.36. The molecule has 1 saturated heterocycles. The highest BCUT2D eigenvalue weighted by atomic mass is 32.2. The Morgan fingerprint density at radius 1 is 0.750 bits per heavy atom. The first-order chi connectivity index (χ1) is 17.3. The molecule has 1 aliphatic heterocycles. The molecule has 1 N–H and O–H groups in total. The van der Waals surface area contributed by atoms with Crippen molar-refractivity contribution in [3.05, 3.63) is 102 Å². The molecule has 0 radical (unpaired) electrons. The van der Waals surface area contributed by atoms with Crippen LogP contribution in [0.25, 0.3) is 0 Å². The minimum absolute atomic E-state index is 0.0574. The van der Waals surface area contributed by atoms with Crippen molar-refractivity contribution in [2.75, 3.05) is 26.2 Å². The van der Waals surface area contributed by atoms with Gasteiger partial charge in [-0.2, -0.15) is 0 Å². The van der Waals surface area contributed by atoms with Crippen LogP contribution < -0.4 is 5.32 Å². The summed E-state index contributed by atoms with van der Waals surface area (Å²) in [6.45, 7) is 0.376. The smallest absolute Gasteiger partial charge is 0.261 e. The average Bonchev–Trinajstić information content (AvgIpc) is 2.91. The molecule has 1 aliphatic rings. The molecule has 1 fully saturated rings. The molecule has 186 valence electrons. The summed E-state index contributed by atoms with van der Waals surface area (Å²) in [5.74, 6) is -2.40. The lowest BCUT2D eigenvalue weighted by atomic mass is 10.1. The van der Waals surface area contributed by atoms with E-state index in [0.29, 0.717) is 0 Å². The predicted molar refractivity (Wildman–Crippen MR) is 130 cm³/mol. The predicted octanol–water partition coefficient (Wildman–Crippen LogP) is 2.34. The van der Waals surface area contributed by atoms with Gasteiger partial charge >= 0.3 is 0 Å². The molecule has 3 aromatic carbocycles. The number of carbonyl (C=O) groups excluding carboxylic acids is 3. The van der Waals surface area contributed by atoms with Gasteiger partial charge in [-0.1, -0.05) is 42.5 Å². The van der Waals surface area contributed by atoms with E-state index in [1.165, 1.54) is 64.4 Å². The summed E-state index contributed by atoms with van der Waals surface area (Å²) < 4.78 is 40.3. The number of benzene rings is 3. The minimum atomic E-state index is -4.28. The van der Waals surface area contributed by atoms with Crippen LogP contribution in [0.15, 0.2) is 89.8 Å². The third kappa shape index (κ3) is 5.44. The molecule has 0 bridgehead atoms. The second-order valence-corrected chi connectivity index (χ2v) is 10.2. The third-order valence-corrected chi connectivity index (χ3v) is 7.72. The largest absolute Gasteiger partial charge is 0.336 e. The van der Waals surface area contributed by atoms with Gasteiger partial charge in [-0.3, -0.25) is 14.4 Å². The maximum atomic E-state index is 13.5. The number of nitrogens with zero attached hydrogens (tertiary/aromatic N) is 2. The molecule has 1 unspecified atom stereocenters. The lowest BCUT2D eigenvalue weighted by Crippen LogP contribution is -2.57. The number of carbonyl (C=O) groups is 3. The first kappa shape index (κ1) is 25.1. The van der Waals surface area contributed by atoms with Gasteiger partial charge in [0.05, 0.1) is 4.90 Å². The first-order valence-corrected chi connectivity index (χ1v) is 12.8. The number of amides is 3. The van der Waals surface area contributed by atoms with Gasteiger partial charge in [-0.25, -0.2) is 12.8 Å². The number of halogens is 1. The molecule has 0 spiro atoms. The Morgan fingerprint density at radius 2 is 1.31 bits per heavy atom. The average molecular weight is 510 g/mol. The SMILES string of the molecule is O=C(NC(C(=O)N1CCN(C(=O)c2cccc(F)c2)CC1)S(=O)(=O)c1ccccc1)c1ccccc1. The maximum absolute atomic E-state index is 13.5. The molecule has 0 aromatic heterocycles. The van der Waals surface area contributed by atoms with Gasteiger partial charge in [-0.05, 0) is 42.5 Å². The van der Waals surface area contributed by atoms with E-state index in [0.717, 1.165) is 6.07 Å². The van der Waals surface area contributed by atoms with E-state index in [2.05, 4.69) is 5.32 Å². The van der Waals surface area contributed by atoms with Gasteiger partial charge in [0.15, 0.2) is 0 Å². The minimum Gasteiger partial charge on any atom is -0.336 e. The molecule has 3 aromatic rings. The molecule has 1 atom stereocenters. The van der Waals surface area contributed by atoms with Crippen LogP contribution >= 0.6 is 0 Å². The van der Waals surface area contributed by atoms with E-state index in [1.807, 2.05) is 0 Å². The first-order valence-electron chi connectivity index (χ1n) is 11.3. The number of rotatable bonds is 6. The molecule has 10 heteroatoms. The maximum Gasteiger partial charge on any atom is 0.261 e. The van der Waals surface area contributed by atoms with Crippen LogP contribution in [0.1, 0.15) is 20.7 Å². The van der Waals surface area contributed by atoms with E-state index >= 15 is 0 Å². The molecule has 1 heterocycles. The summed E-state index contributed by atoms with van der Waals surface area (Å²) in [4.78, 5) is 41.7. The number of hydrogen-bond acceptors (Lipinski definition) is 5. The topological polar surface area (TPSA) is 104 Å². The zero-order chi connectivity index (χ0) is 25.7. The molecule has 3 amide bonds. The fraction of sp³-hybridized carbons (Fsp3) is 0.192. The molecule has 8 nitrogen and oxygen atoms in total. The van der Waals surface area contributed by atoms with E-state index in [1.54, 1.807) is 24.3 Å². The highest BCUT2D eigenvalue weighted by molar-refractivity contribution is 7.92. The summed E-state index contributed by atoms with van der Waals surface area (Å²) in [6.07, 6.45) is 0. The van der Waals surface area contributed by atoms with Gasteiger partial charge in [0.2, 0.25) is 15.2 Å². The second-order valence-electron chi connectivity index (χ2n) is 8.21. The molecular formula is C26H24FN3O5S. The van der Waals surface area contributed by atoms with Gasteiger partial charge in [0.25, 0.3) is 17.7 Å². The Labute approximate surface area is 208 Å². The van der Waals surface area contributed by atoms with Crippen molar-refractivity contribution >= 4 is 27.6 Å². The van der Waals surface area contributed by atoms with Gasteiger partial charge in [0, 0.05) is 37.3 Å². The number of nitrogens with one attached hydrogen (secondary N) is 1. The summed E-state index contributed by atoms with van der Waals surface area (Å²) in [5, 5.41) is 0.546. The monoisotopic (exact) mass is 509 g/mol. The number of piperazine rings is 1. The van der Waals surface area contributed by atoms with E-state index in [-0.39, 0.29) is 48.1 Å².